The van der Waals surface area contributed by atoms with E-state index in [1.54, 1.807) is 0 Å². The Morgan fingerprint density at radius 2 is 0.510 bits per heavy atom. The van der Waals surface area contributed by atoms with Crippen LogP contribution in [0.4, 0.5) is 0 Å². The minimum absolute atomic E-state index is 0. The summed E-state index contributed by atoms with van der Waals surface area (Å²) >= 11 is 0. The molecule has 7 aromatic rings. The van der Waals surface area contributed by atoms with E-state index >= 15 is 0 Å². The van der Waals surface area contributed by atoms with Crippen LogP contribution < -0.4 is 9.97 Å². The van der Waals surface area contributed by atoms with E-state index in [1.165, 1.54) is 0 Å². The number of aromatic nitrogens is 8. The van der Waals surface area contributed by atoms with E-state index in [0.29, 0.717) is 45.9 Å². The molecule has 3 aromatic heterocycles. The second-order valence-corrected chi connectivity index (χ2v) is 13.3. The molecule has 0 radical (unpaired) electrons. The molecule has 8 bridgehead atoms. The van der Waals surface area contributed by atoms with Gasteiger partial charge >= 0.3 is 19.5 Å². The molecule has 8 nitrogen and oxygen atoms in total. The summed E-state index contributed by atoms with van der Waals surface area (Å²) in [6.07, 6.45) is 0. The van der Waals surface area contributed by atoms with Crippen LogP contribution in [0.2, 0.25) is 0 Å². The molecule has 0 saturated carbocycles. The summed E-state index contributed by atoms with van der Waals surface area (Å²) in [7, 11) is 0. The Kier molecular flexibility index (Phi) is 6.96. The zero-order valence-corrected chi connectivity index (χ0v) is 31.9. The molecule has 0 fully saturated rings. The predicted molar refractivity (Wildman–Crippen MR) is 192 cm³/mol. The largest absolute Gasteiger partial charge is 2.00 e. The summed E-state index contributed by atoms with van der Waals surface area (Å²) in [6, 6.07) is 16.9. The molecule has 2 aliphatic rings. The number of fused-ring (bicyclic) bond motifs is 20. The quantitative estimate of drug-likeness (QED) is 0.146. The standard InChI is InChI=1S/C40H32N8.Zn/c1-17-9-10-18(2)26-25(17)33-41-34(26)46-36-29-21(5)13-14-22(6)30(29)38(43-36)48-40-32-24(8)16-15-23(7)31(32)39(44-40)47-37-28-20(4)12-11-19(3)27(28)35(42-37)45-33;/h9-16H,1-8H3;/q-2;+2. The number of nitrogens with zero attached hydrogens (tertiary/aromatic N) is 8. The van der Waals surface area contributed by atoms with Gasteiger partial charge in [0, 0.05) is 44.8 Å². The van der Waals surface area contributed by atoms with Crippen molar-refractivity contribution in [1.82, 2.24) is 39.9 Å². The van der Waals surface area contributed by atoms with Crippen molar-refractivity contribution in [3.8, 4) is 45.6 Å². The fourth-order valence-corrected chi connectivity index (χ4v) is 7.45. The van der Waals surface area contributed by atoms with Gasteiger partial charge in [0.2, 0.25) is 0 Å². The normalized spacial score (nSPS) is 11.9. The number of rotatable bonds is 0. The first-order valence-corrected chi connectivity index (χ1v) is 16.2. The van der Waals surface area contributed by atoms with Gasteiger partial charge < -0.3 is 29.9 Å². The SMILES string of the molecule is Cc1ccc(C)c2c1-c1nc-2nc2[n-]c(nc3nc(nc4[n-]c(n1)c1c(C)ccc(C)c41)-c1c(C)ccc(C)c1-3)c1c(C)ccc(C)c21.[Zn+2]. The summed E-state index contributed by atoms with van der Waals surface area (Å²) < 4.78 is 0. The Morgan fingerprint density at radius 3 is 0.735 bits per heavy atom. The van der Waals surface area contributed by atoms with Gasteiger partial charge in [-0.3, -0.25) is 0 Å². The predicted octanol–water partition coefficient (Wildman–Crippen LogP) is 8.59. The Hall–Kier alpha value is -5.14. The molecule has 0 aliphatic carbocycles. The van der Waals surface area contributed by atoms with Crippen molar-refractivity contribution in [2.45, 2.75) is 55.4 Å². The molecule has 2 aliphatic heterocycles. The van der Waals surface area contributed by atoms with Gasteiger partial charge in [0.25, 0.3) is 0 Å². The molecule has 0 spiro atoms. The van der Waals surface area contributed by atoms with E-state index in [-0.39, 0.29) is 19.5 Å². The van der Waals surface area contributed by atoms with Crippen molar-refractivity contribution >= 4 is 44.1 Å². The van der Waals surface area contributed by atoms with Gasteiger partial charge in [0.15, 0.2) is 0 Å². The third kappa shape index (κ3) is 4.45. The van der Waals surface area contributed by atoms with Crippen molar-refractivity contribution in [1.29, 1.82) is 0 Å². The van der Waals surface area contributed by atoms with Crippen LogP contribution in [-0.4, -0.2) is 29.9 Å². The number of benzene rings is 4. The first kappa shape index (κ1) is 31.2. The van der Waals surface area contributed by atoms with Crippen LogP contribution in [0.5, 0.6) is 0 Å². The second kappa shape index (κ2) is 10.9. The third-order valence-electron chi connectivity index (χ3n) is 9.97. The Morgan fingerprint density at radius 1 is 0.306 bits per heavy atom. The molecule has 4 aromatic carbocycles. The van der Waals surface area contributed by atoms with Crippen molar-refractivity contribution in [3.05, 3.63) is 93.0 Å². The molecule has 0 amide bonds. The van der Waals surface area contributed by atoms with Gasteiger partial charge in [0.05, 0.1) is 23.3 Å². The smallest absolute Gasteiger partial charge is 0.357 e. The van der Waals surface area contributed by atoms with Gasteiger partial charge in [-0.15, -0.1) is 0 Å². The van der Waals surface area contributed by atoms with E-state index in [0.717, 1.165) is 88.3 Å². The Labute approximate surface area is 296 Å². The van der Waals surface area contributed by atoms with Gasteiger partial charge in [-0.05, 0) is 121 Å². The molecule has 0 atom stereocenters. The van der Waals surface area contributed by atoms with Crippen LogP contribution in [0, 0.1) is 55.4 Å². The molecule has 0 unspecified atom stereocenters. The van der Waals surface area contributed by atoms with Crippen molar-refractivity contribution < 1.29 is 19.5 Å². The van der Waals surface area contributed by atoms with Crippen molar-refractivity contribution in [2.75, 3.05) is 0 Å². The van der Waals surface area contributed by atoms with Gasteiger partial charge in [-0.25, -0.2) is 9.97 Å². The first-order valence-electron chi connectivity index (χ1n) is 16.2. The summed E-state index contributed by atoms with van der Waals surface area (Å²) in [5, 5.41) is 3.85. The zero-order valence-electron chi connectivity index (χ0n) is 28.9. The van der Waals surface area contributed by atoms with Crippen LogP contribution >= 0.6 is 0 Å². The van der Waals surface area contributed by atoms with Crippen LogP contribution in [-0.2, 0) is 19.5 Å². The van der Waals surface area contributed by atoms with Crippen LogP contribution in [0.25, 0.3) is 89.7 Å². The van der Waals surface area contributed by atoms with E-state index in [4.69, 9.17) is 39.9 Å². The second-order valence-electron chi connectivity index (χ2n) is 13.3. The van der Waals surface area contributed by atoms with E-state index in [1.807, 2.05) is 0 Å². The fourth-order valence-electron chi connectivity index (χ4n) is 7.45. The maximum absolute atomic E-state index is 5.22. The summed E-state index contributed by atoms with van der Waals surface area (Å²) in [5.41, 5.74) is 14.8. The van der Waals surface area contributed by atoms with Gasteiger partial charge in [0.1, 0.15) is 0 Å². The summed E-state index contributed by atoms with van der Waals surface area (Å²) in [5.74, 6) is 2.35. The maximum atomic E-state index is 5.22. The number of hydrogen-bond donors (Lipinski definition) is 0. The first-order chi connectivity index (χ1) is 23.1. The molecule has 234 valence electrons. The fraction of sp³-hybridized carbons (Fsp3) is 0.200. The number of aryl methyl sites for hydroxylation is 8. The minimum Gasteiger partial charge on any atom is -0.357 e. The van der Waals surface area contributed by atoms with Crippen LogP contribution in [0.15, 0.2) is 48.5 Å². The molecule has 49 heavy (non-hydrogen) atoms. The average Bonchev–Trinajstić information content (AvgIpc) is 3.80. The minimum atomic E-state index is 0. The maximum Gasteiger partial charge on any atom is 2.00 e. The molecule has 5 heterocycles. The van der Waals surface area contributed by atoms with Crippen molar-refractivity contribution in [3.63, 3.8) is 0 Å². The topological polar surface area (TPSA) is 106 Å². The molecule has 0 N–H and O–H groups in total. The van der Waals surface area contributed by atoms with Crippen LogP contribution in [0.3, 0.4) is 0 Å². The monoisotopic (exact) mass is 688 g/mol. The van der Waals surface area contributed by atoms with Gasteiger partial charge in [-0.1, -0.05) is 48.5 Å². The third-order valence-corrected chi connectivity index (χ3v) is 9.97. The average molecular weight is 690 g/mol. The molecular weight excluding hydrogens is 658 g/mol. The van der Waals surface area contributed by atoms with Gasteiger partial charge in [-0.2, -0.15) is 0 Å². The van der Waals surface area contributed by atoms with Crippen LogP contribution in [0.1, 0.15) is 44.5 Å². The molecule has 0 saturated heterocycles. The van der Waals surface area contributed by atoms with E-state index in [9.17, 15) is 0 Å². The Balaban J connectivity index is 0.00000348. The molecule has 9 heteroatoms. The zero-order chi connectivity index (χ0) is 33.2. The van der Waals surface area contributed by atoms with Crippen molar-refractivity contribution in [2.24, 2.45) is 0 Å². The summed E-state index contributed by atoms with van der Waals surface area (Å²) in [4.78, 5) is 41.3. The summed E-state index contributed by atoms with van der Waals surface area (Å²) in [6.45, 7) is 16.7. The molecule has 9 rings (SSSR count). The van der Waals surface area contributed by atoms with E-state index < -0.39 is 0 Å². The number of hydrogen-bond acceptors (Lipinski definition) is 6. The molecular formula is C40H32N8Zn. The Bertz CT molecular complexity index is 2400. The van der Waals surface area contributed by atoms with E-state index in [2.05, 4.69) is 104 Å².